The third-order valence-electron chi connectivity index (χ3n) is 5.50. The van der Waals surface area contributed by atoms with E-state index in [1.165, 1.54) is 11.3 Å². The summed E-state index contributed by atoms with van der Waals surface area (Å²) >= 11 is 9.55. The summed E-state index contributed by atoms with van der Waals surface area (Å²) in [7, 11) is 0. The standard InChI is InChI=1S/C22H22ClN5OS2/c1-14-12-31-22(24-14)28-8-4-7-27(9-10-28)11-18-25-20(29)19-16(13-30-21(19)26-18)15-5-2-3-6-17(15)23/h2-3,5-6,12-13H,4,7-11H2,1H3,(H,25,26,29). The highest BCUT2D eigenvalue weighted by molar-refractivity contribution is 7.17. The molecule has 1 aliphatic rings. The van der Waals surface area contributed by atoms with Gasteiger partial charge in [-0.25, -0.2) is 9.97 Å². The molecule has 31 heavy (non-hydrogen) atoms. The van der Waals surface area contributed by atoms with Crippen LogP contribution in [0.3, 0.4) is 0 Å². The number of nitrogens with zero attached hydrogens (tertiary/aromatic N) is 4. The number of hydrogen-bond donors (Lipinski definition) is 1. The number of hydrogen-bond acceptors (Lipinski definition) is 7. The summed E-state index contributed by atoms with van der Waals surface area (Å²) in [6, 6.07) is 7.59. The summed E-state index contributed by atoms with van der Waals surface area (Å²) in [5.74, 6) is 0.712. The van der Waals surface area contributed by atoms with Gasteiger partial charge in [-0.1, -0.05) is 29.8 Å². The molecule has 1 fully saturated rings. The lowest BCUT2D eigenvalue weighted by Crippen LogP contribution is -2.31. The first kappa shape index (κ1) is 20.6. The van der Waals surface area contributed by atoms with Crippen LogP contribution >= 0.6 is 34.3 Å². The van der Waals surface area contributed by atoms with E-state index >= 15 is 0 Å². The number of aromatic nitrogens is 3. The molecule has 0 radical (unpaired) electrons. The van der Waals surface area contributed by atoms with E-state index in [0.29, 0.717) is 22.8 Å². The molecule has 0 bridgehead atoms. The van der Waals surface area contributed by atoms with Gasteiger partial charge in [-0.05, 0) is 19.4 Å². The summed E-state index contributed by atoms with van der Waals surface area (Å²) < 4.78 is 0. The highest BCUT2D eigenvalue weighted by Gasteiger charge is 2.19. The fourth-order valence-electron chi connectivity index (χ4n) is 3.97. The second-order valence-corrected chi connectivity index (χ2v) is 9.81. The number of thiazole rings is 1. The third-order valence-corrected chi connectivity index (χ3v) is 7.72. The van der Waals surface area contributed by atoms with Crippen molar-refractivity contribution in [2.24, 2.45) is 0 Å². The first-order valence-corrected chi connectivity index (χ1v) is 12.4. The molecule has 0 saturated carbocycles. The third kappa shape index (κ3) is 4.25. The molecule has 160 valence electrons. The minimum atomic E-state index is -0.106. The molecule has 1 N–H and O–H groups in total. The van der Waals surface area contributed by atoms with E-state index in [9.17, 15) is 4.79 Å². The van der Waals surface area contributed by atoms with E-state index in [4.69, 9.17) is 16.6 Å². The zero-order chi connectivity index (χ0) is 21.4. The van der Waals surface area contributed by atoms with Gasteiger partial charge in [-0.2, -0.15) is 0 Å². The predicted molar refractivity (Wildman–Crippen MR) is 130 cm³/mol. The van der Waals surface area contributed by atoms with Crippen LogP contribution < -0.4 is 10.5 Å². The highest BCUT2D eigenvalue weighted by Crippen LogP contribution is 2.34. The second-order valence-electron chi connectivity index (χ2n) is 7.71. The first-order chi connectivity index (χ1) is 15.1. The topological polar surface area (TPSA) is 65.1 Å². The Kier molecular flexibility index (Phi) is 5.79. The number of rotatable bonds is 4. The van der Waals surface area contributed by atoms with Crippen LogP contribution in [-0.2, 0) is 6.54 Å². The Bertz CT molecular complexity index is 1280. The van der Waals surface area contributed by atoms with E-state index in [-0.39, 0.29) is 5.56 Å². The van der Waals surface area contributed by atoms with Gasteiger partial charge in [0.1, 0.15) is 10.7 Å². The number of aromatic amines is 1. The van der Waals surface area contributed by atoms with Crippen molar-refractivity contribution >= 4 is 49.6 Å². The van der Waals surface area contributed by atoms with Gasteiger partial charge in [0.2, 0.25) is 0 Å². The van der Waals surface area contributed by atoms with Gasteiger partial charge in [0.25, 0.3) is 5.56 Å². The molecule has 0 amide bonds. The minimum Gasteiger partial charge on any atom is -0.347 e. The number of thiophene rings is 1. The van der Waals surface area contributed by atoms with E-state index < -0.39 is 0 Å². The molecule has 4 heterocycles. The van der Waals surface area contributed by atoms with Crippen LogP contribution in [0.15, 0.2) is 39.8 Å². The van der Waals surface area contributed by atoms with Gasteiger partial charge in [-0.15, -0.1) is 22.7 Å². The summed E-state index contributed by atoms with van der Waals surface area (Å²) in [5.41, 5.74) is 2.67. The van der Waals surface area contributed by atoms with Gasteiger partial charge < -0.3 is 9.88 Å². The van der Waals surface area contributed by atoms with Crippen LogP contribution in [0.25, 0.3) is 21.3 Å². The highest BCUT2D eigenvalue weighted by atomic mass is 35.5. The molecule has 0 spiro atoms. The van der Waals surface area contributed by atoms with Gasteiger partial charge in [0.15, 0.2) is 5.13 Å². The van der Waals surface area contributed by atoms with Crippen LogP contribution in [0, 0.1) is 6.92 Å². The second kappa shape index (κ2) is 8.70. The molecule has 4 aromatic rings. The maximum atomic E-state index is 12.9. The number of nitrogens with one attached hydrogen (secondary N) is 1. The Morgan fingerprint density at radius 1 is 1.06 bits per heavy atom. The number of halogens is 1. The van der Waals surface area contributed by atoms with Crippen molar-refractivity contribution in [3.05, 3.63) is 61.9 Å². The Balaban J connectivity index is 1.35. The molecule has 6 nitrogen and oxygen atoms in total. The lowest BCUT2D eigenvalue weighted by atomic mass is 10.1. The summed E-state index contributed by atoms with van der Waals surface area (Å²) in [5, 5.41) is 6.41. The Labute approximate surface area is 193 Å². The maximum absolute atomic E-state index is 12.9. The van der Waals surface area contributed by atoms with Crippen LogP contribution in [0.1, 0.15) is 17.9 Å². The Morgan fingerprint density at radius 3 is 2.74 bits per heavy atom. The maximum Gasteiger partial charge on any atom is 0.260 e. The monoisotopic (exact) mass is 471 g/mol. The minimum absolute atomic E-state index is 0.106. The Hall–Kier alpha value is -2.26. The normalized spacial score (nSPS) is 15.5. The summed E-state index contributed by atoms with van der Waals surface area (Å²) in [6.45, 7) is 6.47. The zero-order valence-corrected chi connectivity index (χ0v) is 19.5. The molecule has 1 aromatic carbocycles. The van der Waals surface area contributed by atoms with E-state index in [1.807, 2.05) is 36.6 Å². The van der Waals surface area contributed by atoms with Crippen LogP contribution in [0.4, 0.5) is 5.13 Å². The van der Waals surface area contributed by atoms with Crippen molar-refractivity contribution in [1.82, 2.24) is 19.9 Å². The fourth-order valence-corrected chi connectivity index (χ4v) is 6.02. The van der Waals surface area contributed by atoms with Gasteiger partial charge >= 0.3 is 0 Å². The smallest absolute Gasteiger partial charge is 0.260 e. The molecule has 0 atom stereocenters. The van der Waals surface area contributed by atoms with Crippen LogP contribution in [0.2, 0.25) is 5.02 Å². The Morgan fingerprint density at radius 2 is 1.94 bits per heavy atom. The average molecular weight is 472 g/mol. The van der Waals surface area contributed by atoms with Crippen molar-refractivity contribution < 1.29 is 0 Å². The molecular formula is C22H22ClN5OS2. The fraction of sp³-hybridized carbons (Fsp3) is 0.318. The molecule has 0 unspecified atom stereocenters. The predicted octanol–water partition coefficient (Wildman–Crippen LogP) is 4.78. The molecular weight excluding hydrogens is 450 g/mol. The van der Waals surface area contributed by atoms with E-state index in [1.54, 1.807) is 11.3 Å². The lowest BCUT2D eigenvalue weighted by Gasteiger charge is -2.21. The van der Waals surface area contributed by atoms with Gasteiger partial charge in [0, 0.05) is 53.1 Å². The van der Waals surface area contributed by atoms with Crippen LogP contribution in [0.5, 0.6) is 0 Å². The summed E-state index contributed by atoms with van der Waals surface area (Å²) in [6.07, 6.45) is 1.06. The molecule has 1 aliphatic heterocycles. The van der Waals surface area contributed by atoms with Crippen molar-refractivity contribution in [3.63, 3.8) is 0 Å². The van der Waals surface area contributed by atoms with E-state index in [0.717, 1.165) is 59.4 Å². The largest absolute Gasteiger partial charge is 0.347 e. The number of anilines is 1. The molecule has 9 heteroatoms. The van der Waals surface area contributed by atoms with Gasteiger partial charge in [0.05, 0.1) is 17.6 Å². The molecule has 1 saturated heterocycles. The van der Waals surface area contributed by atoms with Crippen molar-refractivity contribution in [1.29, 1.82) is 0 Å². The van der Waals surface area contributed by atoms with Crippen molar-refractivity contribution in [2.45, 2.75) is 19.9 Å². The quantitative estimate of drug-likeness (QED) is 0.464. The molecule has 0 aliphatic carbocycles. The van der Waals surface area contributed by atoms with Crippen molar-refractivity contribution in [2.75, 3.05) is 31.1 Å². The first-order valence-electron chi connectivity index (χ1n) is 10.2. The van der Waals surface area contributed by atoms with Crippen LogP contribution in [-0.4, -0.2) is 46.0 Å². The molecule has 5 rings (SSSR count). The molecule has 3 aromatic heterocycles. The SMILES string of the molecule is Cc1csc(N2CCCN(Cc3nc4scc(-c5ccccc5Cl)c4c(=O)[nH]3)CC2)n1. The number of benzene rings is 1. The number of H-pyrrole nitrogens is 1. The number of fused-ring (bicyclic) bond motifs is 1. The zero-order valence-electron chi connectivity index (χ0n) is 17.1. The van der Waals surface area contributed by atoms with Crippen molar-refractivity contribution in [3.8, 4) is 11.1 Å². The number of aryl methyl sites for hydroxylation is 1. The summed E-state index contributed by atoms with van der Waals surface area (Å²) in [4.78, 5) is 30.8. The van der Waals surface area contributed by atoms with E-state index in [2.05, 4.69) is 25.1 Å². The van der Waals surface area contributed by atoms with Gasteiger partial charge in [-0.3, -0.25) is 9.69 Å². The lowest BCUT2D eigenvalue weighted by molar-refractivity contribution is 0.278. The average Bonchev–Trinajstić information content (AvgIpc) is 3.30.